The highest BCUT2D eigenvalue weighted by molar-refractivity contribution is 6.40. The molecule has 0 spiro atoms. The predicted molar refractivity (Wildman–Crippen MR) is 78.1 cm³/mol. The van der Waals surface area contributed by atoms with Crippen molar-refractivity contribution in [2.24, 2.45) is 5.16 Å². The highest BCUT2D eigenvalue weighted by Crippen LogP contribution is 2.33. The van der Waals surface area contributed by atoms with E-state index in [1.807, 2.05) is 36.4 Å². The van der Waals surface area contributed by atoms with Crippen LogP contribution < -0.4 is 0 Å². The Balaban J connectivity index is 2.05. The first kappa shape index (κ1) is 12.5. The SMILES string of the molecule is Clc1cccc(Cl)c1C1=NOCC1c1ccccc1. The molecule has 1 aliphatic rings. The van der Waals surface area contributed by atoms with E-state index in [-0.39, 0.29) is 5.92 Å². The fraction of sp³-hybridized carbons (Fsp3) is 0.133. The number of oxime groups is 1. The molecular weight excluding hydrogens is 281 g/mol. The number of halogens is 2. The van der Waals surface area contributed by atoms with Crippen molar-refractivity contribution in [3.63, 3.8) is 0 Å². The third-order valence-electron chi connectivity index (χ3n) is 3.16. The van der Waals surface area contributed by atoms with Gasteiger partial charge in [0.15, 0.2) is 0 Å². The van der Waals surface area contributed by atoms with E-state index in [0.717, 1.165) is 16.8 Å². The number of hydrogen-bond acceptors (Lipinski definition) is 2. The molecule has 0 fully saturated rings. The molecule has 0 radical (unpaired) electrons. The van der Waals surface area contributed by atoms with E-state index in [2.05, 4.69) is 17.3 Å². The van der Waals surface area contributed by atoms with Gasteiger partial charge in [-0.25, -0.2) is 0 Å². The standard InChI is InChI=1S/C15H11Cl2NO/c16-12-7-4-8-13(17)14(12)15-11(9-19-18-15)10-5-2-1-3-6-10/h1-8,11H,9H2. The van der Waals surface area contributed by atoms with Crippen molar-refractivity contribution in [3.8, 4) is 0 Å². The first-order valence-electron chi connectivity index (χ1n) is 5.96. The topological polar surface area (TPSA) is 21.6 Å². The van der Waals surface area contributed by atoms with E-state index in [9.17, 15) is 0 Å². The maximum Gasteiger partial charge on any atom is 0.129 e. The van der Waals surface area contributed by atoms with E-state index < -0.39 is 0 Å². The molecule has 0 saturated carbocycles. The molecule has 2 aromatic carbocycles. The average Bonchev–Trinajstić information content (AvgIpc) is 2.89. The smallest absolute Gasteiger partial charge is 0.129 e. The van der Waals surface area contributed by atoms with Gasteiger partial charge in [0.1, 0.15) is 12.3 Å². The largest absolute Gasteiger partial charge is 0.394 e. The first-order valence-corrected chi connectivity index (χ1v) is 6.72. The van der Waals surface area contributed by atoms with Gasteiger partial charge in [-0.1, -0.05) is 64.8 Å². The Labute approximate surface area is 121 Å². The molecule has 2 aromatic rings. The lowest BCUT2D eigenvalue weighted by Crippen LogP contribution is -2.13. The predicted octanol–water partition coefficient (Wildman–Crippen LogP) is 4.51. The maximum absolute atomic E-state index is 6.24. The van der Waals surface area contributed by atoms with E-state index >= 15 is 0 Å². The summed E-state index contributed by atoms with van der Waals surface area (Å²) in [4.78, 5) is 5.26. The molecule has 0 aromatic heterocycles. The molecule has 19 heavy (non-hydrogen) atoms. The van der Waals surface area contributed by atoms with Gasteiger partial charge in [-0.3, -0.25) is 0 Å². The summed E-state index contributed by atoms with van der Waals surface area (Å²) in [6.07, 6.45) is 0. The summed E-state index contributed by atoms with van der Waals surface area (Å²) in [5.41, 5.74) is 2.70. The summed E-state index contributed by atoms with van der Waals surface area (Å²) in [7, 11) is 0. The van der Waals surface area contributed by atoms with Crippen molar-refractivity contribution in [2.75, 3.05) is 6.61 Å². The van der Waals surface area contributed by atoms with Crippen molar-refractivity contribution in [1.82, 2.24) is 0 Å². The van der Waals surface area contributed by atoms with Crippen molar-refractivity contribution in [3.05, 3.63) is 69.7 Å². The molecule has 1 atom stereocenters. The fourth-order valence-corrected chi connectivity index (χ4v) is 2.82. The molecular formula is C15H11Cl2NO. The summed E-state index contributed by atoms with van der Waals surface area (Å²) < 4.78 is 0. The van der Waals surface area contributed by atoms with Gasteiger partial charge in [0, 0.05) is 5.56 Å². The zero-order chi connectivity index (χ0) is 13.2. The van der Waals surface area contributed by atoms with Gasteiger partial charge in [-0.2, -0.15) is 0 Å². The van der Waals surface area contributed by atoms with Crippen LogP contribution in [0.2, 0.25) is 10.0 Å². The Kier molecular flexibility index (Phi) is 3.45. The van der Waals surface area contributed by atoms with Gasteiger partial charge in [-0.05, 0) is 17.7 Å². The van der Waals surface area contributed by atoms with Crippen molar-refractivity contribution >= 4 is 28.9 Å². The Bertz CT molecular complexity index is 605. The summed E-state index contributed by atoms with van der Waals surface area (Å²) >= 11 is 12.5. The molecule has 96 valence electrons. The highest BCUT2D eigenvalue weighted by Gasteiger charge is 2.29. The first-order chi connectivity index (χ1) is 9.27. The lowest BCUT2D eigenvalue weighted by atomic mass is 9.91. The molecule has 1 heterocycles. The van der Waals surface area contributed by atoms with Crippen LogP contribution in [0, 0.1) is 0 Å². The molecule has 1 aliphatic heterocycles. The molecule has 4 heteroatoms. The van der Waals surface area contributed by atoms with Gasteiger partial charge in [-0.15, -0.1) is 0 Å². The quantitative estimate of drug-likeness (QED) is 0.798. The van der Waals surface area contributed by atoms with E-state index in [4.69, 9.17) is 28.0 Å². The minimum Gasteiger partial charge on any atom is -0.394 e. The lowest BCUT2D eigenvalue weighted by Gasteiger charge is -2.13. The van der Waals surface area contributed by atoms with Gasteiger partial charge in [0.25, 0.3) is 0 Å². The minimum atomic E-state index is 0.0681. The van der Waals surface area contributed by atoms with Crippen LogP contribution in [0.25, 0.3) is 0 Å². The number of hydrogen-bond donors (Lipinski definition) is 0. The average molecular weight is 292 g/mol. The van der Waals surface area contributed by atoms with Crippen LogP contribution in [0.4, 0.5) is 0 Å². The fourth-order valence-electron chi connectivity index (χ4n) is 2.23. The van der Waals surface area contributed by atoms with Crippen molar-refractivity contribution < 1.29 is 4.84 Å². The summed E-state index contributed by atoms with van der Waals surface area (Å²) in [5, 5.41) is 5.32. The van der Waals surface area contributed by atoms with Crippen LogP contribution in [0.5, 0.6) is 0 Å². The normalized spacial score (nSPS) is 18.0. The third kappa shape index (κ3) is 2.34. The van der Waals surface area contributed by atoms with Crippen LogP contribution in [-0.4, -0.2) is 12.3 Å². The Morgan fingerprint density at radius 3 is 2.32 bits per heavy atom. The summed E-state index contributed by atoms with van der Waals surface area (Å²) in [5.74, 6) is 0.0681. The zero-order valence-electron chi connectivity index (χ0n) is 10.0. The highest BCUT2D eigenvalue weighted by atomic mass is 35.5. The van der Waals surface area contributed by atoms with Crippen molar-refractivity contribution in [1.29, 1.82) is 0 Å². The molecule has 0 saturated heterocycles. The van der Waals surface area contributed by atoms with E-state index in [1.165, 1.54) is 0 Å². The second kappa shape index (κ2) is 5.24. The zero-order valence-corrected chi connectivity index (χ0v) is 11.5. The molecule has 3 rings (SSSR count). The summed E-state index contributed by atoms with van der Waals surface area (Å²) in [6, 6.07) is 15.5. The van der Waals surface area contributed by atoms with Crippen LogP contribution in [0.1, 0.15) is 17.0 Å². The van der Waals surface area contributed by atoms with Crippen molar-refractivity contribution in [2.45, 2.75) is 5.92 Å². The second-order valence-electron chi connectivity index (χ2n) is 4.33. The van der Waals surface area contributed by atoms with Gasteiger partial charge in [0.2, 0.25) is 0 Å². The van der Waals surface area contributed by atoms with E-state index in [0.29, 0.717) is 16.7 Å². The number of nitrogens with zero attached hydrogens (tertiary/aromatic N) is 1. The summed E-state index contributed by atoms with van der Waals surface area (Å²) in [6.45, 7) is 0.515. The van der Waals surface area contributed by atoms with Crippen LogP contribution in [-0.2, 0) is 4.84 Å². The minimum absolute atomic E-state index is 0.0681. The Hall–Kier alpha value is -1.51. The molecule has 1 unspecified atom stereocenters. The third-order valence-corrected chi connectivity index (χ3v) is 3.78. The van der Waals surface area contributed by atoms with Crippen LogP contribution >= 0.6 is 23.2 Å². The monoisotopic (exact) mass is 291 g/mol. The van der Waals surface area contributed by atoms with Gasteiger partial charge < -0.3 is 4.84 Å². The Morgan fingerprint density at radius 2 is 1.63 bits per heavy atom. The van der Waals surface area contributed by atoms with E-state index in [1.54, 1.807) is 0 Å². The number of benzene rings is 2. The number of rotatable bonds is 2. The lowest BCUT2D eigenvalue weighted by molar-refractivity contribution is 0.166. The van der Waals surface area contributed by atoms with Gasteiger partial charge >= 0.3 is 0 Å². The molecule has 0 N–H and O–H groups in total. The maximum atomic E-state index is 6.24. The van der Waals surface area contributed by atoms with Crippen LogP contribution in [0.3, 0.4) is 0 Å². The molecule has 0 bridgehead atoms. The molecule has 0 amide bonds. The molecule has 0 aliphatic carbocycles. The Morgan fingerprint density at radius 1 is 0.947 bits per heavy atom. The second-order valence-corrected chi connectivity index (χ2v) is 5.15. The van der Waals surface area contributed by atoms with Gasteiger partial charge in [0.05, 0.1) is 16.0 Å². The van der Waals surface area contributed by atoms with Crippen LogP contribution in [0.15, 0.2) is 53.7 Å². The molecule has 2 nitrogen and oxygen atoms in total.